The molecule has 1 fully saturated rings. The molecule has 1 saturated heterocycles. The first-order valence-corrected chi connectivity index (χ1v) is 12.1. The number of hydrogen-bond acceptors (Lipinski definition) is 6. The van der Waals surface area contributed by atoms with Gasteiger partial charge in [-0.3, -0.25) is 9.59 Å². The molecule has 2 atom stereocenters. The molecule has 1 aromatic carbocycles. The van der Waals surface area contributed by atoms with Gasteiger partial charge in [-0.2, -0.15) is 13.2 Å². The zero-order chi connectivity index (χ0) is 26.5. The van der Waals surface area contributed by atoms with Gasteiger partial charge in [0, 0.05) is 11.9 Å². The maximum atomic E-state index is 13.5. The van der Waals surface area contributed by atoms with Gasteiger partial charge in [-0.25, -0.2) is 15.0 Å². The van der Waals surface area contributed by atoms with E-state index in [0.717, 1.165) is 12.1 Å². The van der Waals surface area contributed by atoms with Crippen LogP contribution in [-0.4, -0.2) is 48.8 Å². The summed E-state index contributed by atoms with van der Waals surface area (Å²) >= 11 is 3.26. The Kier molecular flexibility index (Phi) is 6.26. The molecule has 0 bridgehead atoms. The number of hydrogen-bond donors (Lipinski definition) is 2. The van der Waals surface area contributed by atoms with Crippen molar-refractivity contribution in [3.8, 4) is 0 Å². The van der Waals surface area contributed by atoms with Crippen molar-refractivity contribution in [3.63, 3.8) is 0 Å². The number of carbonyl (C=O) groups is 2. The largest absolute Gasteiger partial charge is 0.416 e. The Morgan fingerprint density at radius 1 is 1.22 bits per heavy atom. The number of rotatable bonds is 4. The number of pyridine rings is 1. The predicted molar refractivity (Wildman–Crippen MR) is 134 cm³/mol. The molecule has 2 unspecified atom stereocenters. The van der Waals surface area contributed by atoms with Gasteiger partial charge in [0.05, 0.1) is 16.5 Å². The molecule has 3 N–H and O–H groups in total. The number of benzene rings is 1. The fourth-order valence-corrected chi connectivity index (χ4v) is 5.10. The van der Waals surface area contributed by atoms with Crippen LogP contribution in [0.5, 0.6) is 0 Å². The first kappa shape index (κ1) is 24.9. The summed E-state index contributed by atoms with van der Waals surface area (Å²) in [5.74, 6) is -0.314. The van der Waals surface area contributed by atoms with Gasteiger partial charge in [0.1, 0.15) is 40.8 Å². The number of nitrogen functional groups attached to an aromatic ring is 1. The maximum Gasteiger partial charge on any atom is 0.416 e. The van der Waals surface area contributed by atoms with Crippen molar-refractivity contribution in [2.45, 2.75) is 32.1 Å². The third-order valence-corrected chi connectivity index (χ3v) is 6.83. The normalized spacial score (nSPS) is 18.0. The van der Waals surface area contributed by atoms with Crippen molar-refractivity contribution in [3.05, 3.63) is 52.9 Å². The van der Waals surface area contributed by atoms with Crippen molar-refractivity contribution in [1.82, 2.24) is 24.4 Å². The Hall–Kier alpha value is -3.74. The van der Waals surface area contributed by atoms with Crippen molar-refractivity contribution in [1.29, 1.82) is 0 Å². The number of nitrogens with one attached hydrogen (secondary N) is 1. The van der Waals surface area contributed by atoms with Crippen LogP contribution in [0.2, 0.25) is 0 Å². The Morgan fingerprint density at radius 3 is 2.73 bits per heavy atom. The third-order valence-electron chi connectivity index (χ3n) is 6.39. The Morgan fingerprint density at radius 2 is 2.00 bits per heavy atom. The van der Waals surface area contributed by atoms with Gasteiger partial charge in [-0.15, -0.1) is 0 Å². The summed E-state index contributed by atoms with van der Waals surface area (Å²) in [7, 11) is 0. The number of likely N-dealkylation sites (tertiary alicyclic amines) is 1. The first-order chi connectivity index (χ1) is 17.5. The predicted octanol–water partition coefficient (Wildman–Crippen LogP) is 4.22. The fraction of sp³-hybridized carbons (Fsp3) is 0.292. The second-order valence-electron chi connectivity index (χ2n) is 9.01. The number of fused-ring (bicyclic) bond motifs is 3. The van der Waals surface area contributed by atoms with Crippen LogP contribution >= 0.6 is 15.9 Å². The minimum absolute atomic E-state index is 0.00842. The first-order valence-electron chi connectivity index (χ1n) is 11.4. The lowest BCUT2D eigenvalue weighted by molar-refractivity contribution is -0.137. The minimum atomic E-state index is -4.56. The lowest BCUT2D eigenvalue weighted by Gasteiger charge is -2.24. The minimum Gasteiger partial charge on any atom is -0.383 e. The topological polar surface area (TPSA) is 119 Å². The van der Waals surface area contributed by atoms with Crippen LogP contribution in [0.4, 0.5) is 24.8 Å². The standard InChI is InChI=1S/C24H21BrF3N7O2/c1-12-7-16(23(37)33-18-4-2-3-17(25)32-18)34(9-12)19(36)10-35-15-6-5-13(24(26,27)28)8-14(15)20-21(29)30-11-31-22(20)35/h2-6,8,11-12,16H,7,9-10H2,1H3,(H2,29,30,31)(H,32,33,37). The van der Waals surface area contributed by atoms with Crippen molar-refractivity contribution < 1.29 is 22.8 Å². The monoisotopic (exact) mass is 575 g/mol. The van der Waals surface area contributed by atoms with Crippen molar-refractivity contribution in [2.24, 2.45) is 5.92 Å². The van der Waals surface area contributed by atoms with Crippen LogP contribution in [0, 0.1) is 5.92 Å². The second-order valence-corrected chi connectivity index (χ2v) is 9.82. The quantitative estimate of drug-likeness (QED) is 0.352. The molecule has 0 spiro atoms. The molecule has 0 radical (unpaired) electrons. The summed E-state index contributed by atoms with van der Waals surface area (Å²) < 4.78 is 42.3. The molecule has 13 heteroatoms. The summed E-state index contributed by atoms with van der Waals surface area (Å²) in [6.07, 6.45) is -2.90. The molecule has 192 valence electrons. The SMILES string of the molecule is CC1CC(C(=O)Nc2cccc(Br)n2)N(C(=O)Cn2c3ccc(C(F)(F)F)cc3c3c(N)ncnc32)C1. The van der Waals surface area contributed by atoms with Crippen molar-refractivity contribution in [2.75, 3.05) is 17.6 Å². The van der Waals surface area contributed by atoms with E-state index in [1.54, 1.807) is 18.2 Å². The molecule has 37 heavy (non-hydrogen) atoms. The van der Waals surface area contributed by atoms with Crippen LogP contribution < -0.4 is 11.1 Å². The van der Waals surface area contributed by atoms with E-state index in [1.165, 1.54) is 21.9 Å². The van der Waals surface area contributed by atoms with E-state index in [9.17, 15) is 22.8 Å². The van der Waals surface area contributed by atoms with Crippen LogP contribution in [0.25, 0.3) is 21.9 Å². The average molecular weight is 576 g/mol. The van der Waals surface area contributed by atoms with Gasteiger partial charge in [-0.1, -0.05) is 13.0 Å². The molecule has 3 aromatic heterocycles. The summed E-state index contributed by atoms with van der Waals surface area (Å²) in [5.41, 5.74) is 5.76. The molecule has 4 aromatic rings. The highest BCUT2D eigenvalue weighted by Crippen LogP contribution is 2.37. The zero-order valence-corrected chi connectivity index (χ0v) is 21.0. The number of carbonyl (C=O) groups excluding carboxylic acids is 2. The number of alkyl halides is 3. The molecule has 1 aliphatic heterocycles. The molecule has 0 aliphatic carbocycles. The highest BCUT2D eigenvalue weighted by Gasteiger charge is 2.38. The van der Waals surface area contributed by atoms with Crippen LogP contribution in [0.15, 0.2) is 47.3 Å². The van der Waals surface area contributed by atoms with Gasteiger partial charge in [0.15, 0.2) is 0 Å². The average Bonchev–Trinajstić information content (AvgIpc) is 3.37. The highest BCUT2D eigenvalue weighted by molar-refractivity contribution is 9.10. The zero-order valence-electron chi connectivity index (χ0n) is 19.5. The third kappa shape index (κ3) is 4.70. The summed E-state index contributed by atoms with van der Waals surface area (Å²) in [6.45, 7) is 2.06. The Bertz CT molecular complexity index is 1540. The molecule has 0 saturated carbocycles. The van der Waals surface area contributed by atoms with Gasteiger partial charge in [0.2, 0.25) is 11.8 Å². The summed E-state index contributed by atoms with van der Waals surface area (Å²) in [4.78, 5) is 40.4. The molecule has 9 nitrogen and oxygen atoms in total. The molecule has 1 aliphatic rings. The number of aromatic nitrogens is 4. The molecule has 5 rings (SSSR count). The number of amides is 2. The molecule has 2 amide bonds. The van der Waals surface area contributed by atoms with Crippen LogP contribution in [0.3, 0.4) is 0 Å². The van der Waals surface area contributed by atoms with Crippen molar-refractivity contribution >= 4 is 61.3 Å². The van der Waals surface area contributed by atoms with Crippen LogP contribution in [-0.2, 0) is 22.3 Å². The lowest BCUT2D eigenvalue weighted by Crippen LogP contribution is -2.44. The van der Waals surface area contributed by atoms with E-state index in [-0.39, 0.29) is 46.5 Å². The number of anilines is 2. The second kappa shape index (κ2) is 9.29. The van der Waals surface area contributed by atoms with E-state index in [4.69, 9.17) is 5.73 Å². The fourth-order valence-electron chi connectivity index (χ4n) is 4.76. The molecule has 4 heterocycles. The van der Waals surface area contributed by atoms with E-state index >= 15 is 0 Å². The van der Waals surface area contributed by atoms with E-state index in [1.807, 2.05) is 6.92 Å². The Balaban J connectivity index is 1.48. The maximum absolute atomic E-state index is 13.5. The number of nitrogens with two attached hydrogens (primary N) is 1. The van der Waals surface area contributed by atoms with Crippen LogP contribution in [0.1, 0.15) is 18.9 Å². The summed E-state index contributed by atoms with van der Waals surface area (Å²) in [5, 5.41) is 3.18. The van der Waals surface area contributed by atoms with E-state index in [2.05, 4.69) is 36.2 Å². The summed E-state index contributed by atoms with van der Waals surface area (Å²) in [6, 6.07) is 7.60. The van der Waals surface area contributed by atoms with Gasteiger partial charge >= 0.3 is 6.18 Å². The van der Waals surface area contributed by atoms with Gasteiger partial charge < -0.3 is 20.5 Å². The lowest BCUT2D eigenvalue weighted by atomic mass is 10.1. The van der Waals surface area contributed by atoms with E-state index in [0.29, 0.717) is 28.9 Å². The van der Waals surface area contributed by atoms with E-state index < -0.39 is 17.8 Å². The molecular weight excluding hydrogens is 555 g/mol. The van der Waals surface area contributed by atoms with Gasteiger partial charge in [-0.05, 0) is 58.6 Å². The Labute approximate surface area is 217 Å². The smallest absolute Gasteiger partial charge is 0.383 e. The number of halogens is 4. The highest BCUT2D eigenvalue weighted by atomic mass is 79.9. The number of nitrogens with zero attached hydrogens (tertiary/aromatic N) is 5. The molecular formula is C24H21BrF3N7O2. The van der Waals surface area contributed by atoms with Gasteiger partial charge in [0.25, 0.3) is 0 Å².